The van der Waals surface area contributed by atoms with Gasteiger partial charge in [-0.25, -0.2) is 0 Å². The molecular weight excluding hydrogens is 136 g/mol. The van der Waals surface area contributed by atoms with Crippen molar-refractivity contribution < 1.29 is 0 Å². The van der Waals surface area contributed by atoms with Crippen molar-refractivity contribution in [2.24, 2.45) is 5.73 Å². The quantitative estimate of drug-likeness (QED) is 0.689. The van der Waals surface area contributed by atoms with Crippen molar-refractivity contribution in [3.8, 4) is 0 Å². The van der Waals surface area contributed by atoms with Crippen LogP contribution in [0.5, 0.6) is 0 Å². The summed E-state index contributed by atoms with van der Waals surface area (Å²) in [6.45, 7) is 4.07. The molecule has 2 heteroatoms. The molecule has 0 fully saturated rings. The number of aromatic nitrogens is 1. The van der Waals surface area contributed by atoms with Crippen molar-refractivity contribution in [1.82, 2.24) is 4.98 Å². The van der Waals surface area contributed by atoms with E-state index in [-0.39, 0.29) is 6.04 Å². The number of pyridine rings is 1. The Kier molecular flexibility index (Phi) is 2.60. The van der Waals surface area contributed by atoms with Crippen LogP contribution in [-0.2, 0) is 6.42 Å². The number of rotatable bonds is 2. The lowest BCUT2D eigenvalue weighted by Gasteiger charge is -2.06. The lowest BCUT2D eigenvalue weighted by atomic mass is 10.1. The van der Waals surface area contributed by atoms with Crippen LogP contribution in [0.15, 0.2) is 18.5 Å². The van der Waals surface area contributed by atoms with E-state index in [0.717, 1.165) is 6.42 Å². The Balaban J connectivity index is 2.78. The molecule has 60 valence electrons. The minimum atomic E-state index is 0.232. The normalized spacial score (nSPS) is 13.0. The number of aryl methyl sites for hydroxylation is 1. The van der Waals surface area contributed by atoms with E-state index in [1.165, 1.54) is 11.1 Å². The highest BCUT2D eigenvalue weighted by molar-refractivity contribution is 5.22. The summed E-state index contributed by atoms with van der Waals surface area (Å²) in [5.41, 5.74) is 8.20. The van der Waals surface area contributed by atoms with Crippen LogP contribution in [0.25, 0.3) is 0 Å². The first-order valence-electron chi connectivity index (χ1n) is 3.85. The van der Waals surface area contributed by atoms with Gasteiger partial charge < -0.3 is 5.73 Å². The summed E-state index contributed by atoms with van der Waals surface area (Å²) in [5, 5.41) is 0. The van der Waals surface area contributed by atoms with Crippen molar-refractivity contribution in [2.45, 2.75) is 26.3 Å². The van der Waals surface area contributed by atoms with Crippen LogP contribution >= 0.6 is 0 Å². The molecule has 1 rings (SSSR count). The van der Waals surface area contributed by atoms with Gasteiger partial charge in [0.25, 0.3) is 0 Å². The lowest BCUT2D eigenvalue weighted by Crippen LogP contribution is -2.18. The van der Waals surface area contributed by atoms with Crippen molar-refractivity contribution >= 4 is 0 Å². The van der Waals surface area contributed by atoms with Crippen LogP contribution in [0.2, 0.25) is 0 Å². The molecule has 0 amide bonds. The lowest BCUT2D eigenvalue weighted by molar-refractivity contribution is 0.733. The number of hydrogen-bond donors (Lipinski definition) is 1. The van der Waals surface area contributed by atoms with Gasteiger partial charge in [0, 0.05) is 18.4 Å². The second kappa shape index (κ2) is 3.49. The second-order valence-corrected chi connectivity index (χ2v) is 2.98. The molecule has 0 aliphatic heterocycles. The van der Waals surface area contributed by atoms with Crippen LogP contribution in [0.4, 0.5) is 0 Å². The SMILES string of the molecule is Cc1cnccc1CC(C)N. The fraction of sp³-hybridized carbons (Fsp3) is 0.444. The smallest absolute Gasteiger partial charge is 0.0299 e. The highest BCUT2D eigenvalue weighted by Gasteiger charge is 1.99. The maximum Gasteiger partial charge on any atom is 0.0299 e. The van der Waals surface area contributed by atoms with Crippen molar-refractivity contribution in [1.29, 1.82) is 0 Å². The van der Waals surface area contributed by atoms with Gasteiger partial charge in [-0.15, -0.1) is 0 Å². The summed E-state index contributed by atoms with van der Waals surface area (Å²) < 4.78 is 0. The van der Waals surface area contributed by atoms with Gasteiger partial charge in [-0.05, 0) is 37.5 Å². The minimum absolute atomic E-state index is 0.232. The predicted molar refractivity (Wildman–Crippen MR) is 46.3 cm³/mol. The molecule has 0 aliphatic rings. The molecular formula is C9H14N2. The Morgan fingerprint density at radius 3 is 2.91 bits per heavy atom. The summed E-state index contributed by atoms with van der Waals surface area (Å²) in [7, 11) is 0. The fourth-order valence-corrected chi connectivity index (χ4v) is 1.08. The zero-order valence-corrected chi connectivity index (χ0v) is 7.04. The van der Waals surface area contributed by atoms with E-state index in [2.05, 4.69) is 11.9 Å². The molecule has 1 atom stereocenters. The third kappa shape index (κ3) is 2.31. The van der Waals surface area contributed by atoms with Gasteiger partial charge in [-0.3, -0.25) is 4.98 Å². The summed E-state index contributed by atoms with van der Waals surface area (Å²) >= 11 is 0. The highest BCUT2D eigenvalue weighted by Crippen LogP contribution is 2.06. The van der Waals surface area contributed by atoms with E-state index >= 15 is 0 Å². The number of hydrogen-bond acceptors (Lipinski definition) is 2. The van der Waals surface area contributed by atoms with Crippen LogP contribution in [0.3, 0.4) is 0 Å². The van der Waals surface area contributed by atoms with E-state index in [4.69, 9.17) is 5.73 Å². The van der Waals surface area contributed by atoms with Crippen LogP contribution in [-0.4, -0.2) is 11.0 Å². The number of nitrogens with zero attached hydrogens (tertiary/aromatic N) is 1. The highest BCUT2D eigenvalue weighted by atomic mass is 14.6. The van der Waals surface area contributed by atoms with Gasteiger partial charge in [0.05, 0.1) is 0 Å². The maximum absolute atomic E-state index is 5.67. The molecule has 0 saturated carbocycles. The first-order chi connectivity index (χ1) is 5.20. The van der Waals surface area contributed by atoms with Gasteiger partial charge in [-0.1, -0.05) is 0 Å². The Labute approximate surface area is 67.5 Å². The molecule has 1 heterocycles. The molecule has 1 unspecified atom stereocenters. The molecule has 0 aromatic carbocycles. The van der Waals surface area contributed by atoms with E-state index in [9.17, 15) is 0 Å². The van der Waals surface area contributed by atoms with Crippen LogP contribution in [0, 0.1) is 6.92 Å². The largest absolute Gasteiger partial charge is 0.328 e. The summed E-state index contributed by atoms with van der Waals surface area (Å²) in [5.74, 6) is 0. The minimum Gasteiger partial charge on any atom is -0.328 e. The summed E-state index contributed by atoms with van der Waals surface area (Å²) in [4.78, 5) is 4.01. The Morgan fingerprint density at radius 2 is 2.36 bits per heavy atom. The van der Waals surface area contributed by atoms with E-state index < -0.39 is 0 Å². The first-order valence-corrected chi connectivity index (χ1v) is 3.85. The Morgan fingerprint density at radius 1 is 1.64 bits per heavy atom. The molecule has 0 aliphatic carbocycles. The second-order valence-electron chi connectivity index (χ2n) is 2.98. The predicted octanol–water partition coefficient (Wildman–Crippen LogP) is 1.28. The number of nitrogens with two attached hydrogens (primary N) is 1. The first kappa shape index (κ1) is 8.21. The maximum atomic E-state index is 5.67. The fourth-order valence-electron chi connectivity index (χ4n) is 1.08. The molecule has 0 spiro atoms. The van der Waals surface area contributed by atoms with Gasteiger partial charge in [-0.2, -0.15) is 0 Å². The molecule has 0 saturated heterocycles. The van der Waals surface area contributed by atoms with Crippen molar-refractivity contribution in [3.05, 3.63) is 29.6 Å². The van der Waals surface area contributed by atoms with Crippen LogP contribution < -0.4 is 5.73 Å². The zero-order chi connectivity index (χ0) is 8.27. The van der Waals surface area contributed by atoms with Crippen LogP contribution in [0.1, 0.15) is 18.1 Å². The molecule has 0 bridgehead atoms. The average molecular weight is 150 g/mol. The van der Waals surface area contributed by atoms with Gasteiger partial charge in [0.1, 0.15) is 0 Å². The van der Waals surface area contributed by atoms with E-state index in [0.29, 0.717) is 0 Å². The Bertz CT molecular complexity index is 231. The topological polar surface area (TPSA) is 38.9 Å². The summed E-state index contributed by atoms with van der Waals surface area (Å²) in [6.07, 6.45) is 4.62. The van der Waals surface area contributed by atoms with Crippen molar-refractivity contribution in [2.75, 3.05) is 0 Å². The van der Waals surface area contributed by atoms with Gasteiger partial charge >= 0.3 is 0 Å². The third-order valence-corrected chi connectivity index (χ3v) is 1.68. The van der Waals surface area contributed by atoms with Gasteiger partial charge in [0.15, 0.2) is 0 Å². The molecule has 0 radical (unpaired) electrons. The van der Waals surface area contributed by atoms with Gasteiger partial charge in [0.2, 0.25) is 0 Å². The molecule has 1 aromatic heterocycles. The van der Waals surface area contributed by atoms with E-state index in [1.807, 2.05) is 25.4 Å². The molecule has 1 aromatic rings. The summed E-state index contributed by atoms with van der Waals surface area (Å²) in [6, 6.07) is 2.26. The monoisotopic (exact) mass is 150 g/mol. The molecule has 2 N–H and O–H groups in total. The molecule has 11 heavy (non-hydrogen) atoms. The van der Waals surface area contributed by atoms with Crippen molar-refractivity contribution in [3.63, 3.8) is 0 Å². The zero-order valence-electron chi connectivity index (χ0n) is 7.04. The average Bonchev–Trinajstić information content (AvgIpc) is 1.93. The standard InChI is InChI=1S/C9H14N2/c1-7-6-11-4-3-9(7)5-8(2)10/h3-4,6,8H,5,10H2,1-2H3. The Hall–Kier alpha value is -0.890. The molecule has 2 nitrogen and oxygen atoms in total. The van der Waals surface area contributed by atoms with E-state index in [1.54, 1.807) is 0 Å². The third-order valence-electron chi connectivity index (χ3n) is 1.68.